The molecule has 1 N–H and O–H groups in total. The van der Waals surface area contributed by atoms with E-state index in [1.165, 1.54) is 0 Å². The zero-order valence-corrected chi connectivity index (χ0v) is 15.8. The number of likely N-dealkylation sites (N-methyl/N-ethyl adjacent to an activating group) is 1. The summed E-state index contributed by atoms with van der Waals surface area (Å²) in [7, 11) is 1.53. The van der Waals surface area contributed by atoms with E-state index in [1.807, 2.05) is 32.2 Å². The highest BCUT2D eigenvalue weighted by Crippen LogP contribution is 2.38. The highest BCUT2D eigenvalue weighted by atomic mass is 16.7. The summed E-state index contributed by atoms with van der Waals surface area (Å²) in [4.78, 5) is 11.6. The van der Waals surface area contributed by atoms with Crippen LogP contribution in [0.25, 0.3) is 6.08 Å². The maximum atomic E-state index is 11.6. The number of Topliss-reactive ketones (excluding diaryl/α,β-unsaturated/α-hetero) is 1. The normalized spacial score (nSPS) is 19.6. The van der Waals surface area contributed by atoms with E-state index in [2.05, 4.69) is 39.1 Å². The Hall–Kier alpha value is -1.43. The summed E-state index contributed by atoms with van der Waals surface area (Å²) in [6, 6.07) is 5.87. The molecule has 0 unspecified atom stereocenters. The van der Waals surface area contributed by atoms with E-state index in [0.717, 1.165) is 22.2 Å². The summed E-state index contributed by atoms with van der Waals surface area (Å²) >= 11 is 0. The van der Waals surface area contributed by atoms with Crippen LogP contribution < -0.4 is 5.32 Å². The first-order chi connectivity index (χ1) is 11.1. The molecule has 1 aliphatic rings. The zero-order chi connectivity index (χ0) is 18.1. The zero-order valence-electron chi connectivity index (χ0n) is 15.8. The van der Waals surface area contributed by atoms with Crippen LogP contribution in [0.4, 0.5) is 0 Å². The van der Waals surface area contributed by atoms with Crippen LogP contribution in [-0.4, -0.2) is 37.7 Å². The van der Waals surface area contributed by atoms with Gasteiger partial charge in [-0.2, -0.15) is 0 Å². The van der Waals surface area contributed by atoms with Gasteiger partial charge in [0.25, 0.3) is 0 Å². The van der Waals surface area contributed by atoms with Crippen LogP contribution in [-0.2, 0) is 9.31 Å². The lowest BCUT2D eigenvalue weighted by Gasteiger charge is -2.32. The van der Waals surface area contributed by atoms with Crippen molar-refractivity contribution in [1.82, 2.24) is 5.32 Å². The molecule has 2 rings (SSSR count). The van der Waals surface area contributed by atoms with Gasteiger partial charge in [0.1, 0.15) is 0 Å². The molecule has 4 nitrogen and oxygen atoms in total. The second-order valence-electron chi connectivity index (χ2n) is 7.47. The maximum Gasteiger partial charge on any atom is 0.491 e. The first kappa shape index (κ1) is 18.9. The largest absolute Gasteiger partial charge is 0.491 e. The summed E-state index contributed by atoms with van der Waals surface area (Å²) < 4.78 is 12.3. The van der Waals surface area contributed by atoms with E-state index >= 15 is 0 Å². The maximum absolute atomic E-state index is 11.6. The predicted molar refractivity (Wildman–Crippen MR) is 99.2 cm³/mol. The van der Waals surface area contributed by atoms with Crippen molar-refractivity contribution in [3.8, 4) is 0 Å². The van der Waals surface area contributed by atoms with Gasteiger partial charge in [-0.15, -0.1) is 0 Å². The predicted octanol–water partition coefficient (Wildman–Crippen LogP) is 3.43. The Morgan fingerprint density at radius 2 is 1.79 bits per heavy atom. The number of aryl methyl sites for hydroxylation is 1. The van der Waals surface area contributed by atoms with Crippen molar-refractivity contribution in [3.05, 3.63) is 40.4 Å². The number of carbonyl (C=O) groups excluding carboxylic acids is 1. The number of benzene rings is 1. The number of rotatable bonds is 5. The van der Waals surface area contributed by atoms with Crippen molar-refractivity contribution in [1.29, 1.82) is 0 Å². The van der Waals surface area contributed by atoms with Crippen LogP contribution in [0.1, 0.15) is 56.1 Å². The quantitative estimate of drug-likeness (QED) is 0.664. The Morgan fingerprint density at radius 1 is 1.21 bits per heavy atom. The lowest BCUT2D eigenvalue weighted by Crippen LogP contribution is -2.41. The molecular formula is C19H28BNO3. The summed E-state index contributed by atoms with van der Waals surface area (Å²) in [5.74, 6) is 0.0874. The fraction of sp³-hybridized carbons (Fsp3) is 0.526. The third-order valence-corrected chi connectivity index (χ3v) is 4.92. The summed E-state index contributed by atoms with van der Waals surface area (Å²) in [6.45, 7) is 12.4. The molecule has 130 valence electrons. The fourth-order valence-corrected chi connectivity index (χ4v) is 2.79. The van der Waals surface area contributed by atoms with E-state index in [-0.39, 0.29) is 24.1 Å². The van der Waals surface area contributed by atoms with Crippen LogP contribution >= 0.6 is 0 Å². The van der Waals surface area contributed by atoms with Crippen molar-refractivity contribution < 1.29 is 14.1 Å². The highest BCUT2D eigenvalue weighted by Gasteiger charge is 2.52. The van der Waals surface area contributed by atoms with Crippen LogP contribution in [0.5, 0.6) is 0 Å². The molecule has 0 spiro atoms. The van der Waals surface area contributed by atoms with Gasteiger partial charge in [-0.1, -0.05) is 24.3 Å². The topological polar surface area (TPSA) is 47.6 Å². The molecule has 1 aromatic rings. The van der Waals surface area contributed by atoms with E-state index in [1.54, 1.807) is 6.92 Å². The molecule has 1 aromatic carbocycles. The van der Waals surface area contributed by atoms with Gasteiger partial charge in [0.2, 0.25) is 0 Å². The molecule has 0 bridgehead atoms. The standard InChI is InChI=1S/C19H28BNO3/c1-13-10-15(8-9-17(13)14(2)22)11-16(12-21-7)20-23-18(3,4)19(5,6)24-20/h8-11,21H,12H2,1-7H3. The van der Waals surface area contributed by atoms with Gasteiger partial charge in [0.15, 0.2) is 5.78 Å². The average Bonchev–Trinajstić information content (AvgIpc) is 2.66. The van der Waals surface area contributed by atoms with Gasteiger partial charge >= 0.3 is 7.12 Å². The lowest BCUT2D eigenvalue weighted by molar-refractivity contribution is 0.00578. The second-order valence-corrected chi connectivity index (χ2v) is 7.47. The SMILES string of the molecule is CNCC(=Cc1ccc(C(C)=O)c(C)c1)B1OC(C)(C)C(C)(C)O1. The molecule has 0 radical (unpaired) electrons. The molecule has 24 heavy (non-hydrogen) atoms. The minimum Gasteiger partial charge on any atom is -0.400 e. The Labute approximate surface area is 145 Å². The lowest BCUT2D eigenvalue weighted by atomic mass is 9.77. The first-order valence-electron chi connectivity index (χ1n) is 8.39. The fourth-order valence-electron chi connectivity index (χ4n) is 2.79. The number of nitrogens with one attached hydrogen (secondary N) is 1. The minimum absolute atomic E-state index is 0.0874. The summed E-state index contributed by atoms with van der Waals surface area (Å²) in [5.41, 5.74) is 3.09. The smallest absolute Gasteiger partial charge is 0.400 e. The molecule has 5 heteroatoms. The molecule has 1 heterocycles. The minimum atomic E-state index is -0.379. The second kappa shape index (κ2) is 6.83. The van der Waals surface area contributed by atoms with Crippen LogP contribution in [0.15, 0.2) is 23.7 Å². The molecule has 1 fully saturated rings. The van der Waals surface area contributed by atoms with Gasteiger partial charge in [0.05, 0.1) is 11.2 Å². The number of hydrogen-bond donors (Lipinski definition) is 1. The molecule has 0 aromatic heterocycles. The van der Waals surface area contributed by atoms with Crippen molar-refractivity contribution in [3.63, 3.8) is 0 Å². The number of carbonyl (C=O) groups is 1. The molecule has 0 aliphatic carbocycles. The van der Waals surface area contributed by atoms with Gasteiger partial charge < -0.3 is 14.6 Å². The molecule has 0 saturated carbocycles. The Morgan fingerprint density at radius 3 is 2.25 bits per heavy atom. The molecular weight excluding hydrogens is 301 g/mol. The van der Waals surface area contributed by atoms with E-state index in [4.69, 9.17) is 9.31 Å². The third kappa shape index (κ3) is 3.80. The van der Waals surface area contributed by atoms with E-state index < -0.39 is 0 Å². The van der Waals surface area contributed by atoms with Gasteiger partial charge in [-0.3, -0.25) is 4.79 Å². The van der Waals surface area contributed by atoms with Gasteiger partial charge in [-0.05, 0) is 65.2 Å². The Balaban J connectivity index is 2.33. The first-order valence-corrected chi connectivity index (χ1v) is 8.39. The molecule has 1 saturated heterocycles. The van der Waals surface area contributed by atoms with Crippen molar-refractivity contribution >= 4 is 19.0 Å². The van der Waals surface area contributed by atoms with E-state index in [9.17, 15) is 4.79 Å². The third-order valence-electron chi connectivity index (χ3n) is 4.92. The molecule has 0 atom stereocenters. The monoisotopic (exact) mass is 329 g/mol. The summed E-state index contributed by atoms with van der Waals surface area (Å²) in [5, 5.41) is 3.18. The van der Waals surface area contributed by atoms with Crippen LogP contribution in [0.3, 0.4) is 0 Å². The van der Waals surface area contributed by atoms with Gasteiger partial charge in [-0.25, -0.2) is 0 Å². The van der Waals surface area contributed by atoms with Crippen LogP contribution in [0.2, 0.25) is 0 Å². The Kier molecular flexibility index (Phi) is 5.38. The number of hydrogen-bond acceptors (Lipinski definition) is 4. The van der Waals surface area contributed by atoms with Gasteiger partial charge in [0, 0.05) is 12.1 Å². The van der Waals surface area contributed by atoms with Crippen molar-refractivity contribution in [2.75, 3.05) is 13.6 Å². The average molecular weight is 329 g/mol. The van der Waals surface area contributed by atoms with Crippen LogP contribution in [0, 0.1) is 6.92 Å². The Bertz CT molecular complexity index is 649. The van der Waals surface area contributed by atoms with E-state index in [0.29, 0.717) is 6.54 Å². The highest BCUT2D eigenvalue weighted by molar-refractivity contribution is 6.55. The number of ketones is 1. The van der Waals surface area contributed by atoms with Crippen molar-refractivity contribution in [2.45, 2.75) is 52.7 Å². The molecule has 0 amide bonds. The van der Waals surface area contributed by atoms with Crippen molar-refractivity contribution in [2.24, 2.45) is 0 Å². The molecule has 1 aliphatic heterocycles. The summed E-state index contributed by atoms with van der Waals surface area (Å²) in [6.07, 6.45) is 2.08.